The molecule has 1 aromatic carbocycles. The number of rotatable bonds is 15. The van der Waals surface area contributed by atoms with E-state index in [1.807, 2.05) is 21.1 Å². The highest BCUT2D eigenvalue weighted by Crippen LogP contribution is 2.11. The Hall–Kier alpha value is -2.06. The first-order valence-electron chi connectivity index (χ1n) is 10.4. The molecule has 1 aromatic rings. The van der Waals surface area contributed by atoms with E-state index in [2.05, 4.69) is 5.32 Å². The lowest BCUT2D eigenvalue weighted by Gasteiger charge is -2.29. The van der Waals surface area contributed by atoms with Crippen molar-refractivity contribution in [1.82, 2.24) is 5.32 Å². The molecule has 8 heteroatoms. The maximum atomic E-state index is 13.1. The zero-order chi connectivity index (χ0) is 22.6. The Morgan fingerprint density at radius 1 is 1.07 bits per heavy atom. The average molecular weight is 430 g/mol. The number of benzene rings is 1. The van der Waals surface area contributed by atoms with Gasteiger partial charge < -0.3 is 19.6 Å². The van der Waals surface area contributed by atoms with Crippen LogP contribution in [0, 0.1) is 11.6 Å². The molecule has 0 bridgehead atoms. The fourth-order valence-corrected chi connectivity index (χ4v) is 3.17. The van der Waals surface area contributed by atoms with Gasteiger partial charge in [0.1, 0.15) is 0 Å². The third kappa shape index (κ3) is 12.5. The molecule has 1 rings (SSSR count). The van der Waals surface area contributed by atoms with E-state index in [1.165, 1.54) is 6.07 Å². The monoisotopic (exact) mass is 429 g/mol. The van der Waals surface area contributed by atoms with Gasteiger partial charge in [-0.25, -0.2) is 8.78 Å². The number of unbranched alkanes of at least 4 members (excludes halogenated alkanes) is 4. The Kier molecular flexibility index (Phi) is 11.5. The highest BCUT2D eigenvalue weighted by atomic mass is 19.2. The zero-order valence-electron chi connectivity index (χ0n) is 18.3. The van der Waals surface area contributed by atoms with E-state index in [0.29, 0.717) is 29.6 Å². The molecule has 1 amide bonds. The van der Waals surface area contributed by atoms with Crippen molar-refractivity contribution in [2.24, 2.45) is 0 Å². The number of carboxylic acid groups (broad SMARTS) is 1. The number of hydrogen-bond donors (Lipinski definition) is 2. The van der Waals surface area contributed by atoms with Crippen LogP contribution in [0.15, 0.2) is 18.2 Å². The second-order valence-electron chi connectivity index (χ2n) is 8.65. The number of nitrogens with one attached hydrogen (secondary N) is 1. The maximum absolute atomic E-state index is 13.1. The van der Waals surface area contributed by atoms with E-state index in [9.17, 15) is 18.4 Å². The lowest BCUT2D eigenvalue weighted by Crippen LogP contribution is -2.49. The van der Waals surface area contributed by atoms with Crippen molar-refractivity contribution in [3.63, 3.8) is 0 Å². The molecule has 0 spiro atoms. The van der Waals surface area contributed by atoms with Crippen molar-refractivity contribution in [1.29, 1.82) is 0 Å². The minimum Gasteiger partial charge on any atom is -0.481 e. The van der Waals surface area contributed by atoms with E-state index < -0.39 is 17.6 Å². The van der Waals surface area contributed by atoms with Gasteiger partial charge in [0, 0.05) is 13.0 Å². The highest BCUT2D eigenvalue weighted by Gasteiger charge is 2.22. The molecule has 2 N–H and O–H groups in total. The lowest BCUT2D eigenvalue weighted by molar-refractivity contribution is -0.871. The average Bonchev–Trinajstić information content (AvgIpc) is 2.61. The molecular formula is C22H35F2N2O4+. The van der Waals surface area contributed by atoms with Crippen LogP contribution in [0.3, 0.4) is 0 Å². The van der Waals surface area contributed by atoms with Gasteiger partial charge in [0.15, 0.2) is 11.6 Å². The van der Waals surface area contributed by atoms with Gasteiger partial charge in [-0.3, -0.25) is 9.59 Å². The van der Waals surface area contributed by atoms with Crippen LogP contribution in [0.4, 0.5) is 8.78 Å². The molecule has 30 heavy (non-hydrogen) atoms. The largest absolute Gasteiger partial charge is 0.481 e. The van der Waals surface area contributed by atoms with Crippen LogP contribution >= 0.6 is 0 Å². The van der Waals surface area contributed by atoms with Gasteiger partial charge in [-0.05, 0) is 30.5 Å². The molecule has 0 radical (unpaired) electrons. The first-order chi connectivity index (χ1) is 14.1. The summed E-state index contributed by atoms with van der Waals surface area (Å²) in [5.41, 5.74) is 0.603. The summed E-state index contributed by atoms with van der Waals surface area (Å²) in [6.07, 6.45) is 4.77. The predicted octanol–water partition coefficient (Wildman–Crippen LogP) is 3.49. The highest BCUT2D eigenvalue weighted by molar-refractivity contribution is 5.77. The third-order valence-electron chi connectivity index (χ3n) is 4.50. The number of aliphatic carboxylic acids is 1. The van der Waals surface area contributed by atoms with Gasteiger partial charge in [-0.1, -0.05) is 25.3 Å². The quantitative estimate of drug-likeness (QED) is 0.331. The maximum Gasteiger partial charge on any atom is 0.305 e. The molecule has 0 aliphatic rings. The molecule has 0 heterocycles. The van der Waals surface area contributed by atoms with Crippen molar-refractivity contribution < 1.29 is 32.7 Å². The van der Waals surface area contributed by atoms with E-state index in [4.69, 9.17) is 9.84 Å². The van der Waals surface area contributed by atoms with E-state index in [0.717, 1.165) is 44.2 Å². The molecule has 0 fully saturated rings. The summed E-state index contributed by atoms with van der Waals surface area (Å²) < 4.78 is 32.0. The second-order valence-corrected chi connectivity index (χ2v) is 8.65. The molecular weight excluding hydrogens is 394 g/mol. The van der Waals surface area contributed by atoms with Gasteiger partial charge in [0.2, 0.25) is 5.91 Å². The first-order valence-corrected chi connectivity index (χ1v) is 10.4. The molecule has 1 atom stereocenters. The molecule has 0 aliphatic heterocycles. The topological polar surface area (TPSA) is 75.6 Å². The van der Waals surface area contributed by atoms with Crippen LogP contribution < -0.4 is 5.32 Å². The number of halogens is 2. The van der Waals surface area contributed by atoms with Gasteiger partial charge >= 0.3 is 5.97 Å². The van der Waals surface area contributed by atoms with Crippen molar-refractivity contribution in [2.75, 3.05) is 34.3 Å². The predicted molar refractivity (Wildman–Crippen MR) is 111 cm³/mol. The molecule has 1 unspecified atom stereocenters. The van der Waals surface area contributed by atoms with Crippen LogP contribution in [-0.2, 0) is 20.9 Å². The number of carbonyl (C=O) groups is 2. The van der Waals surface area contributed by atoms with Crippen molar-refractivity contribution in [2.45, 2.75) is 57.6 Å². The van der Waals surface area contributed by atoms with Gasteiger partial charge in [-0.15, -0.1) is 0 Å². The smallest absolute Gasteiger partial charge is 0.305 e. The van der Waals surface area contributed by atoms with E-state index >= 15 is 0 Å². The van der Waals surface area contributed by atoms with Crippen LogP contribution in [0.1, 0.15) is 50.5 Å². The summed E-state index contributed by atoms with van der Waals surface area (Å²) in [5.74, 6) is -2.75. The number of amides is 1. The van der Waals surface area contributed by atoms with Gasteiger partial charge in [0.25, 0.3) is 0 Å². The van der Waals surface area contributed by atoms with Crippen LogP contribution in [-0.4, -0.2) is 61.8 Å². The number of ether oxygens (including phenoxy) is 1. The summed E-state index contributed by atoms with van der Waals surface area (Å²) in [4.78, 5) is 23.1. The number of likely N-dealkylation sites (N-methyl/N-ethyl adjacent to an activating group) is 1. The summed E-state index contributed by atoms with van der Waals surface area (Å²) in [5, 5.41) is 11.9. The van der Waals surface area contributed by atoms with E-state index in [1.54, 1.807) is 0 Å². The summed E-state index contributed by atoms with van der Waals surface area (Å²) in [7, 11) is 5.88. The normalized spacial score (nSPS) is 12.6. The molecule has 0 aromatic heterocycles. The molecule has 170 valence electrons. The van der Waals surface area contributed by atoms with Gasteiger partial charge in [0.05, 0.1) is 46.8 Å². The summed E-state index contributed by atoms with van der Waals surface area (Å²) in [6.45, 7) is 1.35. The van der Waals surface area contributed by atoms with Gasteiger partial charge in [-0.2, -0.15) is 0 Å². The number of hydrogen-bond acceptors (Lipinski definition) is 3. The van der Waals surface area contributed by atoms with Crippen molar-refractivity contribution in [3.05, 3.63) is 35.4 Å². The molecule has 0 aliphatic carbocycles. The summed E-state index contributed by atoms with van der Waals surface area (Å²) >= 11 is 0. The number of carbonyl (C=O) groups excluding carboxylic acids is 1. The minimum absolute atomic E-state index is 0.0776. The zero-order valence-corrected chi connectivity index (χ0v) is 18.3. The number of carboxylic acids is 1. The fourth-order valence-electron chi connectivity index (χ4n) is 3.17. The second kappa shape index (κ2) is 13.3. The first kappa shape index (κ1) is 26.0. The van der Waals surface area contributed by atoms with Crippen LogP contribution in [0.5, 0.6) is 0 Å². The molecule has 0 saturated heterocycles. The Balaban J connectivity index is 2.10. The Morgan fingerprint density at radius 2 is 1.73 bits per heavy atom. The lowest BCUT2D eigenvalue weighted by atomic mass is 10.1. The molecule has 6 nitrogen and oxygen atoms in total. The Morgan fingerprint density at radius 3 is 2.37 bits per heavy atom. The molecule has 0 saturated carbocycles. The van der Waals surface area contributed by atoms with Crippen molar-refractivity contribution >= 4 is 11.9 Å². The van der Waals surface area contributed by atoms with Crippen LogP contribution in [0.2, 0.25) is 0 Å². The van der Waals surface area contributed by atoms with Crippen molar-refractivity contribution in [3.8, 4) is 0 Å². The minimum atomic E-state index is -0.916. The number of nitrogens with zero attached hydrogens (tertiary/aromatic N) is 1. The number of quaternary nitrogens is 1. The third-order valence-corrected chi connectivity index (χ3v) is 4.50. The Bertz CT molecular complexity index is 678. The van der Waals surface area contributed by atoms with E-state index in [-0.39, 0.29) is 25.0 Å². The standard InChI is InChI=1S/C22H34F2N2O4/c1-26(2,3)15-18(14-22(28)29)25-21(27)9-7-5-4-6-8-12-30-16-17-10-11-19(23)20(24)13-17/h10-11,13,18H,4-9,12,14-16H2,1-3H3,(H-,25,27,28,29)/p+1. The fraction of sp³-hybridized carbons (Fsp3) is 0.636. The van der Waals surface area contributed by atoms with Crippen LogP contribution in [0.25, 0.3) is 0 Å². The SMILES string of the molecule is C[N+](C)(C)CC(CC(=O)O)NC(=O)CCCCCCCOCc1ccc(F)c(F)c1. The summed E-state index contributed by atoms with van der Waals surface area (Å²) in [6, 6.07) is 3.37. The Labute approximate surface area is 177 Å².